The second kappa shape index (κ2) is 7.37. The molecule has 0 radical (unpaired) electrons. The molecule has 1 aromatic carbocycles. The van der Waals surface area contributed by atoms with Gasteiger partial charge in [-0.1, -0.05) is 19.1 Å². The number of nitrogens with zero attached hydrogens (tertiary/aromatic N) is 1. The van der Waals surface area contributed by atoms with E-state index in [1.807, 2.05) is 6.07 Å². The Kier molecular flexibility index (Phi) is 5.88. The lowest BCUT2D eigenvalue weighted by molar-refractivity contribution is -0.129. The SMILES string of the molecule is CCS(=O)(=O)CC(=O)N1C[C@@H]2CNC[C@@H]2[C@@H]1c1cccc(F)c1.Cl. The molecule has 0 aliphatic carbocycles. The summed E-state index contributed by atoms with van der Waals surface area (Å²) in [7, 11) is -3.37. The molecule has 2 fully saturated rings. The first-order valence-electron chi connectivity index (χ1n) is 7.87. The smallest absolute Gasteiger partial charge is 0.238 e. The average Bonchev–Trinajstić information content (AvgIpc) is 3.07. The lowest BCUT2D eigenvalue weighted by Gasteiger charge is -2.28. The zero-order valence-corrected chi connectivity index (χ0v) is 15.1. The van der Waals surface area contributed by atoms with Crippen molar-refractivity contribution < 1.29 is 17.6 Å². The number of fused-ring (bicyclic) bond motifs is 1. The van der Waals surface area contributed by atoms with Gasteiger partial charge in [-0.3, -0.25) is 4.79 Å². The van der Waals surface area contributed by atoms with Gasteiger partial charge in [0.2, 0.25) is 5.91 Å². The summed E-state index contributed by atoms with van der Waals surface area (Å²) in [5, 5.41) is 3.31. The van der Waals surface area contributed by atoms with Crippen LogP contribution in [-0.2, 0) is 14.6 Å². The second-order valence-electron chi connectivity index (χ2n) is 6.30. The predicted molar refractivity (Wildman–Crippen MR) is 92.3 cm³/mol. The molecule has 0 saturated carbocycles. The second-order valence-corrected chi connectivity index (χ2v) is 8.66. The van der Waals surface area contributed by atoms with E-state index < -0.39 is 15.6 Å². The number of likely N-dealkylation sites (tertiary alicyclic amines) is 1. The van der Waals surface area contributed by atoms with Gasteiger partial charge in [-0.05, 0) is 23.6 Å². The summed E-state index contributed by atoms with van der Waals surface area (Å²) in [5.41, 5.74) is 0.739. The normalized spacial score (nSPS) is 26.1. The van der Waals surface area contributed by atoms with Crippen LogP contribution in [0.2, 0.25) is 0 Å². The van der Waals surface area contributed by atoms with Gasteiger partial charge in [-0.2, -0.15) is 0 Å². The summed E-state index contributed by atoms with van der Waals surface area (Å²) in [6, 6.07) is 6.00. The van der Waals surface area contributed by atoms with Crippen molar-refractivity contribution in [1.82, 2.24) is 10.2 Å². The van der Waals surface area contributed by atoms with Crippen molar-refractivity contribution in [3.05, 3.63) is 35.6 Å². The minimum atomic E-state index is -3.37. The molecule has 2 saturated heterocycles. The molecule has 8 heteroatoms. The Balaban J connectivity index is 0.00000208. The first kappa shape index (κ1) is 19.1. The summed E-state index contributed by atoms with van der Waals surface area (Å²) in [6.07, 6.45) is 0. The molecule has 3 atom stereocenters. The van der Waals surface area contributed by atoms with E-state index in [2.05, 4.69) is 5.32 Å². The summed E-state index contributed by atoms with van der Waals surface area (Å²) >= 11 is 0. The molecule has 24 heavy (non-hydrogen) atoms. The van der Waals surface area contributed by atoms with Crippen LogP contribution in [0.1, 0.15) is 18.5 Å². The first-order chi connectivity index (χ1) is 10.9. The van der Waals surface area contributed by atoms with Crippen LogP contribution in [0.15, 0.2) is 24.3 Å². The van der Waals surface area contributed by atoms with Crippen LogP contribution in [0, 0.1) is 17.7 Å². The van der Waals surface area contributed by atoms with Crippen LogP contribution < -0.4 is 5.32 Å². The summed E-state index contributed by atoms with van der Waals surface area (Å²) < 4.78 is 37.2. The van der Waals surface area contributed by atoms with Crippen molar-refractivity contribution >= 4 is 28.2 Å². The Morgan fingerprint density at radius 3 is 2.79 bits per heavy atom. The van der Waals surface area contributed by atoms with Crippen LogP contribution in [0.25, 0.3) is 0 Å². The van der Waals surface area contributed by atoms with Gasteiger partial charge in [0, 0.05) is 31.3 Å². The number of sulfone groups is 1. The highest BCUT2D eigenvalue weighted by molar-refractivity contribution is 7.92. The van der Waals surface area contributed by atoms with Crippen molar-refractivity contribution in [3.63, 3.8) is 0 Å². The molecule has 0 spiro atoms. The van der Waals surface area contributed by atoms with Crippen molar-refractivity contribution in [2.24, 2.45) is 11.8 Å². The van der Waals surface area contributed by atoms with Crippen molar-refractivity contribution in [2.45, 2.75) is 13.0 Å². The number of halogens is 2. The third-order valence-electron chi connectivity index (χ3n) is 4.86. The van der Waals surface area contributed by atoms with E-state index in [4.69, 9.17) is 0 Å². The monoisotopic (exact) mass is 376 g/mol. The molecule has 0 unspecified atom stereocenters. The fraction of sp³-hybridized carbons (Fsp3) is 0.562. The van der Waals surface area contributed by atoms with Crippen LogP contribution in [-0.4, -0.2) is 50.4 Å². The maximum Gasteiger partial charge on any atom is 0.238 e. The molecule has 1 aromatic rings. The number of benzene rings is 1. The number of amides is 1. The Morgan fingerprint density at radius 2 is 2.12 bits per heavy atom. The molecule has 1 N–H and O–H groups in total. The van der Waals surface area contributed by atoms with Crippen LogP contribution in [0.5, 0.6) is 0 Å². The van der Waals surface area contributed by atoms with Crippen molar-refractivity contribution in [3.8, 4) is 0 Å². The lowest BCUT2D eigenvalue weighted by Crippen LogP contribution is -2.38. The van der Waals surface area contributed by atoms with Gasteiger partial charge in [-0.15, -0.1) is 12.4 Å². The van der Waals surface area contributed by atoms with Gasteiger partial charge in [0.15, 0.2) is 9.84 Å². The Labute approximate surface area is 147 Å². The number of rotatable bonds is 4. The number of carbonyl (C=O) groups is 1. The maximum atomic E-state index is 13.6. The van der Waals surface area contributed by atoms with Crippen molar-refractivity contribution in [1.29, 1.82) is 0 Å². The Morgan fingerprint density at radius 1 is 1.38 bits per heavy atom. The summed E-state index contributed by atoms with van der Waals surface area (Å²) in [4.78, 5) is 14.2. The zero-order valence-electron chi connectivity index (χ0n) is 13.4. The van der Waals surface area contributed by atoms with E-state index in [0.29, 0.717) is 6.54 Å². The van der Waals surface area contributed by atoms with Crippen molar-refractivity contribution in [2.75, 3.05) is 31.1 Å². The fourth-order valence-corrected chi connectivity index (χ4v) is 4.41. The van der Waals surface area contributed by atoms with Gasteiger partial charge in [0.25, 0.3) is 0 Å². The Bertz CT molecular complexity index is 713. The highest BCUT2D eigenvalue weighted by Crippen LogP contribution is 2.42. The first-order valence-corrected chi connectivity index (χ1v) is 9.69. The molecular weight excluding hydrogens is 355 g/mol. The van der Waals surface area contributed by atoms with Crippen LogP contribution in [0.4, 0.5) is 4.39 Å². The molecule has 2 heterocycles. The van der Waals surface area contributed by atoms with Gasteiger partial charge in [-0.25, -0.2) is 12.8 Å². The molecule has 134 valence electrons. The van der Waals surface area contributed by atoms with E-state index in [-0.39, 0.29) is 47.8 Å². The molecule has 0 bridgehead atoms. The topological polar surface area (TPSA) is 66.5 Å². The van der Waals surface area contributed by atoms with E-state index in [1.165, 1.54) is 19.1 Å². The molecular formula is C16H22ClFN2O3S. The molecule has 1 amide bonds. The van der Waals surface area contributed by atoms with Gasteiger partial charge in [0.05, 0.1) is 6.04 Å². The number of hydrogen-bond acceptors (Lipinski definition) is 4. The highest BCUT2D eigenvalue weighted by Gasteiger charge is 2.47. The third kappa shape index (κ3) is 3.73. The maximum absolute atomic E-state index is 13.6. The van der Waals surface area contributed by atoms with Gasteiger partial charge < -0.3 is 10.2 Å². The summed E-state index contributed by atoms with van der Waals surface area (Å²) in [6.45, 7) is 3.63. The number of nitrogens with one attached hydrogen (secondary N) is 1. The average molecular weight is 377 g/mol. The fourth-order valence-electron chi connectivity index (χ4n) is 3.67. The van der Waals surface area contributed by atoms with E-state index in [1.54, 1.807) is 11.0 Å². The van der Waals surface area contributed by atoms with Crippen LogP contribution in [0.3, 0.4) is 0 Å². The molecule has 2 aliphatic rings. The van der Waals surface area contributed by atoms with Crippen LogP contribution >= 0.6 is 12.4 Å². The minimum Gasteiger partial charge on any atom is -0.334 e. The quantitative estimate of drug-likeness (QED) is 0.862. The highest BCUT2D eigenvalue weighted by atomic mass is 35.5. The van der Waals surface area contributed by atoms with E-state index >= 15 is 0 Å². The van der Waals surface area contributed by atoms with Gasteiger partial charge >= 0.3 is 0 Å². The summed E-state index contributed by atoms with van der Waals surface area (Å²) in [5.74, 6) is -0.754. The third-order valence-corrected chi connectivity index (χ3v) is 6.42. The lowest BCUT2D eigenvalue weighted by atomic mass is 9.89. The zero-order chi connectivity index (χ0) is 16.6. The molecule has 2 aliphatic heterocycles. The Hall–Kier alpha value is -1.18. The minimum absolute atomic E-state index is 0. The number of hydrogen-bond donors (Lipinski definition) is 1. The predicted octanol–water partition coefficient (Wildman–Crippen LogP) is 1.40. The van der Waals surface area contributed by atoms with E-state index in [9.17, 15) is 17.6 Å². The largest absolute Gasteiger partial charge is 0.334 e. The van der Waals surface area contributed by atoms with E-state index in [0.717, 1.165) is 18.7 Å². The molecule has 3 rings (SSSR count). The van der Waals surface area contributed by atoms with Gasteiger partial charge in [0.1, 0.15) is 11.6 Å². The number of carbonyl (C=O) groups excluding carboxylic acids is 1. The standard InChI is InChI=1S/C16H21FN2O3S.ClH/c1-2-23(21,22)10-15(20)19-9-12-7-18-8-14(12)16(19)11-4-3-5-13(17)6-11;/h3-6,12,14,16,18H,2,7-10H2,1H3;1H/t12-,14-,16-;/m0./s1. The molecule has 0 aromatic heterocycles. The molecule has 5 nitrogen and oxygen atoms in total.